The van der Waals surface area contributed by atoms with Gasteiger partial charge in [0.15, 0.2) is 6.61 Å². The Bertz CT molecular complexity index is 1920. The standard InChI is InChI=1S/C38H36FN3O6S/c1-47-33-18-12-29(13-19-33)26-42(37(30-10-6-3-7-11-30)38(44)40-25-24-28-8-4-2-5-9-28)36(43)27-48-34-20-22-35(23-21-34)49(45,46)41-32-16-14-31(39)15-17-32/h2-23,37,41H,24-27H2,1H3,(H,40,44)/t37-/m0/s1. The lowest BCUT2D eigenvalue weighted by molar-refractivity contribution is -0.143. The van der Waals surface area contributed by atoms with E-state index in [1.807, 2.05) is 60.7 Å². The minimum atomic E-state index is -3.96. The largest absolute Gasteiger partial charge is 0.497 e. The van der Waals surface area contributed by atoms with Crippen molar-refractivity contribution in [2.75, 3.05) is 25.0 Å². The van der Waals surface area contributed by atoms with Crippen LogP contribution in [0.5, 0.6) is 11.5 Å². The van der Waals surface area contributed by atoms with Crippen LogP contribution in [0.4, 0.5) is 10.1 Å². The number of hydrogen-bond acceptors (Lipinski definition) is 6. The van der Waals surface area contributed by atoms with Crippen molar-refractivity contribution in [2.24, 2.45) is 0 Å². The molecule has 0 bridgehead atoms. The van der Waals surface area contributed by atoms with Gasteiger partial charge in [0.25, 0.3) is 15.9 Å². The highest BCUT2D eigenvalue weighted by atomic mass is 32.2. The summed E-state index contributed by atoms with van der Waals surface area (Å²) in [4.78, 5) is 29.3. The number of rotatable bonds is 15. The fourth-order valence-corrected chi connectivity index (χ4v) is 6.16. The van der Waals surface area contributed by atoms with E-state index in [1.165, 1.54) is 41.3 Å². The fraction of sp³-hybridized carbons (Fsp3) is 0.158. The van der Waals surface area contributed by atoms with Crippen molar-refractivity contribution in [3.05, 3.63) is 156 Å². The van der Waals surface area contributed by atoms with E-state index in [0.29, 0.717) is 24.3 Å². The third-order valence-electron chi connectivity index (χ3n) is 7.66. The summed E-state index contributed by atoms with van der Waals surface area (Å²) in [5.74, 6) is -0.381. The second kappa shape index (κ2) is 16.4. The molecule has 2 N–H and O–H groups in total. The molecular weight excluding hydrogens is 645 g/mol. The molecule has 0 aliphatic rings. The van der Waals surface area contributed by atoms with Crippen molar-refractivity contribution in [2.45, 2.75) is 23.9 Å². The van der Waals surface area contributed by atoms with Gasteiger partial charge in [0.2, 0.25) is 5.91 Å². The van der Waals surface area contributed by atoms with Gasteiger partial charge < -0.3 is 19.7 Å². The van der Waals surface area contributed by atoms with E-state index in [4.69, 9.17) is 9.47 Å². The van der Waals surface area contributed by atoms with Gasteiger partial charge in [-0.2, -0.15) is 0 Å². The molecule has 252 valence electrons. The molecule has 5 aromatic carbocycles. The number of nitrogens with one attached hydrogen (secondary N) is 2. The van der Waals surface area contributed by atoms with Crippen LogP contribution in [0.15, 0.2) is 138 Å². The Morgan fingerprint density at radius 2 is 1.37 bits per heavy atom. The Labute approximate surface area is 285 Å². The van der Waals surface area contributed by atoms with Crippen LogP contribution in [-0.2, 0) is 32.6 Å². The summed E-state index contributed by atoms with van der Waals surface area (Å²) in [5.41, 5.74) is 2.69. The van der Waals surface area contributed by atoms with Gasteiger partial charge in [-0.25, -0.2) is 12.8 Å². The molecule has 0 fully saturated rings. The zero-order valence-electron chi connectivity index (χ0n) is 26.8. The lowest BCUT2D eigenvalue weighted by atomic mass is 10.0. The summed E-state index contributed by atoms with van der Waals surface area (Å²) in [7, 11) is -2.39. The quantitative estimate of drug-likeness (QED) is 0.137. The number of anilines is 1. The summed E-state index contributed by atoms with van der Waals surface area (Å²) in [6.45, 7) is 0.0549. The average Bonchev–Trinajstić information content (AvgIpc) is 3.12. The Morgan fingerprint density at radius 3 is 2.00 bits per heavy atom. The van der Waals surface area contributed by atoms with Crippen LogP contribution in [0.3, 0.4) is 0 Å². The number of amides is 2. The Hall–Kier alpha value is -5.68. The third-order valence-corrected chi connectivity index (χ3v) is 9.05. The van der Waals surface area contributed by atoms with Crippen molar-refractivity contribution in [1.82, 2.24) is 10.2 Å². The number of benzene rings is 5. The molecule has 5 aromatic rings. The first-order valence-electron chi connectivity index (χ1n) is 15.5. The molecule has 0 unspecified atom stereocenters. The molecular formula is C38H36FN3O6S. The van der Waals surface area contributed by atoms with Gasteiger partial charge in [-0.15, -0.1) is 0 Å². The average molecular weight is 682 g/mol. The monoisotopic (exact) mass is 681 g/mol. The maximum atomic E-state index is 14.0. The maximum Gasteiger partial charge on any atom is 0.261 e. The highest BCUT2D eigenvalue weighted by Crippen LogP contribution is 2.26. The van der Waals surface area contributed by atoms with Crippen LogP contribution in [0, 0.1) is 5.82 Å². The number of methoxy groups -OCH3 is 1. The van der Waals surface area contributed by atoms with Crippen LogP contribution in [0.1, 0.15) is 22.7 Å². The lowest BCUT2D eigenvalue weighted by Gasteiger charge is -2.31. The van der Waals surface area contributed by atoms with E-state index >= 15 is 0 Å². The van der Waals surface area contributed by atoms with Crippen LogP contribution >= 0.6 is 0 Å². The van der Waals surface area contributed by atoms with Gasteiger partial charge in [0.05, 0.1) is 12.0 Å². The summed E-state index contributed by atoms with van der Waals surface area (Å²) < 4.78 is 52.4. The number of sulfonamides is 1. The number of hydrogen-bond donors (Lipinski definition) is 2. The van der Waals surface area contributed by atoms with Crippen LogP contribution in [0.2, 0.25) is 0 Å². The van der Waals surface area contributed by atoms with Crippen molar-refractivity contribution in [1.29, 1.82) is 0 Å². The lowest BCUT2D eigenvalue weighted by Crippen LogP contribution is -2.45. The molecule has 0 saturated heterocycles. The fourth-order valence-electron chi connectivity index (χ4n) is 5.11. The Morgan fingerprint density at radius 1 is 0.755 bits per heavy atom. The van der Waals surface area contributed by atoms with Gasteiger partial charge in [0, 0.05) is 18.8 Å². The minimum Gasteiger partial charge on any atom is -0.497 e. The topological polar surface area (TPSA) is 114 Å². The molecule has 0 aliphatic heterocycles. The van der Waals surface area contributed by atoms with Crippen LogP contribution in [0.25, 0.3) is 0 Å². The molecule has 5 rings (SSSR count). The molecule has 0 saturated carbocycles. The molecule has 0 radical (unpaired) electrons. The molecule has 9 nitrogen and oxygen atoms in total. The maximum absolute atomic E-state index is 14.0. The van der Waals surface area contributed by atoms with Crippen molar-refractivity contribution < 1.29 is 31.9 Å². The number of carbonyl (C=O) groups excluding carboxylic acids is 2. The first-order chi connectivity index (χ1) is 23.7. The first-order valence-corrected chi connectivity index (χ1v) is 17.0. The van der Waals surface area contributed by atoms with Gasteiger partial charge in [0.1, 0.15) is 23.4 Å². The van der Waals surface area contributed by atoms with E-state index in [0.717, 1.165) is 23.3 Å². The Balaban J connectivity index is 1.34. The number of carbonyl (C=O) groups is 2. The minimum absolute atomic E-state index is 0.0482. The molecule has 0 aliphatic carbocycles. The van der Waals surface area contributed by atoms with Crippen molar-refractivity contribution >= 4 is 27.5 Å². The summed E-state index contributed by atoms with van der Waals surface area (Å²) >= 11 is 0. The Kier molecular flexibility index (Phi) is 11.6. The summed E-state index contributed by atoms with van der Waals surface area (Å²) in [5, 5.41) is 3.01. The predicted molar refractivity (Wildman–Crippen MR) is 185 cm³/mol. The third kappa shape index (κ3) is 9.68. The van der Waals surface area contributed by atoms with Crippen LogP contribution in [-0.4, -0.2) is 45.4 Å². The molecule has 1 atom stereocenters. The van der Waals surface area contributed by atoms with E-state index in [1.54, 1.807) is 31.4 Å². The highest BCUT2D eigenvalue weighted by Gasteiger charge is 2.32. The number of nitrogens with zero attached hydrogens (tertiary/aromatic N) is 1. The van der Waals surface area contributed by atoms with Gasteiger partial charge >= 0.3 is 0 Å². The van der Waals surface area contributed by atoms with Gasteiger partial charge in [-0.05, 0) is 83.8 Å². The summed E-state index contributed by atoms with van der Waals surface area (Å²) in [6.07, 6.45) is 0.620. The number of halogens is 1. The normalized spacial score (nSPS) is 11.6. The smallest absolute Gasteiger partial charge is 0.261 e. The van der Waals surface area contributed by atoms with Crippen LogP contribution < -0.4 is 19.5 Å². The van der Waals surface area contributed by atoms with E-state index < -0.39 is 34.4 Å². The highest BCUT2D eigenvalue weighted by molar-refractivity contribution is 7.92. The molecule has 49 heavy (non-hydrogen) atoms. The van der Waals surface area contributed by atoms with E-state index in [9.17, 15) is 22.4 Å². The first kappa shape index (κ1) is 34.6. The van der Waals surface area contributed by atoms with Gasteiger partial charge in [-0.1, -0.05) is 72.8 Å². The van der Waals surface area contributed by atoms with Crippen molar-refractivity contribution in [3.63, 3.8) is 0 Å². The zero-order chi connectivity index (χ0) is 34.6. The second-order valence-corrected chi connectivity index (χ2v) is 12.8. The van der Waals surface area contributed by atoms with Gasteiger partial charge in [-0.3, -0.25) is 14.3 Å². The molecule has 0 aromatic heterocycles. The zero-order valence-corrected chi connectivity index (χ0v) is 27.6. The van der Waals surface area contributed by atoms with Crippen molar-refractivity contribution in [3.8, 4) is 11.5 Å². The number of ether oxygens (including phenoxy) is 2. The SMILES string of the molecule is COc1ccc(CN(C(=O)COc2ccc(S(=O)(=O)Nc3ccc(F)cc3)cc2)[C@H](C(=O)NCCc2ccccc2)c2ccccc2)cc1. The second-order valence-electron chi connectivity index (χ2n) is 11.1. The molecule has 11 heteroatoms. The molecule has 0 spiro atoms. The molecule has 2 amide bonds. The van der Waals surface area contributed by atoms with E-state index in [2.05, 4.69) is 10.0 Å². The van der Waals surface area contributed by atoms with E-state index in [-0.39, 0.29) is 28.8 Å². The summed E-state index contributed by atoms with van der Waals surface area (Å²) in [6, 6.07) is 35.6. The molecule has 0 heterocycles. The predicted octanol–water partition coefficient (Wildman–Crippen LogP) is 6.14.